The lowest BCUT2D eigenvalue weighted by Gasteiger charge is -2.15. The summed E-state index contributed by atoms with van der Waals surface area (Å²) in [6.45, 7) is 2.27. The van der Waals surface area contributed by atoms with Crippen molar-refractivity contribution < 1.29 is 0 Å². The van der Waals surface area contributed by atoms with Crippen molar-refractivity contribution >= 4 is 11.6 Å². The molecule has 1 aromatic rings. The standard InChI is InChI=1S/C12H22ClN3/c1-15(8-5-3-4-7-13)9-6-12-10-14-16(2)11-12/h10-11H,3-9H2,1-2H3. The highest BCUT2D eigenvalue weighted by atomic mass is 35.5. The van der Waals surface area contributed by atoms with Crippen LogP contribution in [0, 0.1) is 0 Å². The number of aryl methyl sites for hydroxylation is 1. The van der Waals surface area contributed by atoms with Gasteiger partial charge in [-0.3, -0.25) is 4.68 Å². The summed E-state index contributed by atoms with van der Waals surface area (Å²) in [5, 5.41) is 4.16. The Morgan fingerprint density at radius 3 is 2.75 bits per heavy atom. The Hall–Kier alpha value is -0.540. The van der Waals surface area contributed by atoms with Gasteiger partial charge in [-0.2, -0.15) is 5.10 Å². The molecule has 0 radical (unpaired) electrons. The summed E-state index contributed by atoms with van der Waals surface area (Å²) in [5.74, 6) is 0.791. The fraction of sp³-hybridized carbons (Fsp3) is 0.750. The molecule has 0 unspecified atom stereocenters. The topological polar surface area (TPSA) is 21.1 Å². The molecule has 0 aromatic carbocycles. The van der Waals surface area contributed by atoms with E-state index < -0.39 is 0 Å². The van der Waals surface area contributed by atoms with Gasteiger partial charge in [0.25, 0.3) is 0 Å². The van der Waals surface area contributed by atoms with Gasteiger partial charge in [0.1, 0.15) is 0 Å². The van der Waals surface area contributed by atoms with Crippen molar-refractivity contribution in [2.75, 3.05) is 26.0 Å². The summed E-state index contributed by atoms with van der Waals surface area (Å²) in [7, 11) is 4.14. The summed E-state index contributed by atoms with van der Waals surface area (Å²) >= 11 is 5.64. The van der Waals surface area contributed by atoms with Crippen LogP contribution in [0.25, 0.3) is 0 Å². The normalized spacial score (nSPS) is 11.2. The zero-order chi connectivity index (χ0) is 11.8. The average molecular weight is 244 g/mol. The van der Waals surface area contributed by atoms with Crippen molar-refractivity contribution in [3.05, 3.63) is 18.0 Å². The maximum Gasteiger partial charge on any atom is 0.0522 e. The molecule has 0 saturated heterocycles. The largest absolute Gasteiger partial charge is 0.306 e. The lowest BCUT2D eigenvalue weighted by molar-refractivity contribution is 0.329. The Labute approximate surface area is 103 Å². The molecule has 1 heterocycles. The number of alkyl halides is 1. The van der Waals surface area contributed by atoms with Crippen molar-refractivity contribution in [1.29, 1.82) is 0 Å². The van der Waals surface area contributed by atoms with E-state index in [1.807, 2.05) is 17.9 Å². The van der Waals surface area contributed by atoms with E-state index in [0.29, 0.717) is 0 Å². The van der Waals surface area contributed by atoms with E-state index in [1.54, 1.807) is 0 Å². The van der Waals surface area contributed by atoms with E-state index in [4.69, 9.17) is 11.6 Å². The highest BCUT2D eigenvalue weighted by Gasteiger charge is 2.00. The van der Waals surface area contributed by atoms with Gasteiger partial charge in [0.2, 0.25) is 0 Å². The van der Waals surface area contributed by atoms with Crippen molar-refractivity contribution in [1.82, 2.24) is 14.7 Å². The predicted octanol–water partition coefficient (Wildman–Crippen LogP) is 2.30. The van der Waals surface area contributed by atoms with E-state index >= 15 is 0 Å². The molecule has 0 amide bonds. The van der Waals surface area contributed by atoms with Gasteiger partial charge in [-0.25, -0.2) is 0 Å². The van der Waals surface area contributed by atoms with Crippen LogP contribution < -0.4 is 0 Å². The summed E-state index contributed by atoms with van der Waals surface area (Å²) in [6.07, 6.45) is 8.73. The number of likely N-dealkylation sites (N-methyl/N-ethyl adjacent to an activating group) is 1. The first kappa shape index (κ1) is 13.5. The molecule has 4 heteroatoms. The van der Waals surface area contributed by atoms with Crippen LogP contribution in [0.1, 0.15) is 24.8 Å². The van der Waals surface area contributed by atoms with Gasteiger partial charge in [-0.05, 0) is 38.4 Å². The fourth-order valence-electron chi connectivity index (χ4n) is 1.69. The zero-order valence-electron chi connectivity index (χ0n) is 10.3. The van der Waals surface area contributed by atoms with Gasteiger partial charge in [-0.1, -0.05) is 6.42 Å². The molecule has 16 heavy (non-hydrogen) atoms. The third-order valence-electron chi connectivity index (χ3n) is 2.71. The second-order valence-corrected chi connectivity index (χ2v) is 4.70. The molecular weight excluding hydrogens is 222 g/mol. The minimum atomic E-state index is 0.791. The van der Waals surface area contributed by atoms with E-state index in [9.17, 15) is 0 Å². The van der Waals surface area contributed by atoms with Crippen molar-refractivity contribution in [2.24, 2.45) is 7.05 Å². The monoisotopic (exact) mass is 243 g/mol. The minimum absolute atomic E-state index is 0.791. The second-order valence-electron chi connectivity index (χ2n) is 4.33. The Morgan fingerprint density at radius 1 is 1.31 bits per heavy atom. The molecule has 0 saturated carbocycles. The number of unbranched alkanes of at least 4 members (excludes halogenated alkanes) is 2. The highest BCUT2D eigenvalue weighted by molar-refractivity contribution is 6.17. The third kappa shape index (κ3) is 5.52. The van der Waals surface area contributed by atoms with Crippen LogP contribution in [-0.2, 0) is 13.5 Å². The molecule has 1 rings (SSSR count). The van der Waals surface area contributed by atoms with Gasteiger partial charge in [0.05, 0.1) is 6.20 Å². The van der Waals surface area contributed by atoms with Crippen LogP contribution in [0.4, 0.5) is 0 Å². The first-order valence-electron chi connectivity index (χ1n) is 5.94. The number of rotatable bonds is 8. The Morgan fingerprint density at radius 2 is 2.12 bits per heavy atom. The molecule has 0 aliphatic rings. The van der Waals surface area contributed by atoms with Crippen LogP contribution >= 0.6 is 11.6 Å². The first-order chi connectivity index (χ1) is 7.72. The Kier molecular flexibility index (Phi) is 6.50. The SMILES string of the molecule is CN(CCCCCCl)CCc1cnn(C)c1. The molecule has 0 fully saturated rings. The molecule has 0 spiro atoms. The van der Waals surface area contributed by atoms with Crippen LogP contribution in [0.15, 0.2) is 12.4 Å². The smallest absolute Gasteiger partial charge is 0.0522 e. The maximum atomic E-state index is 5.64. The molecule has 0 atom stereocenters. The number of nitrogens with zero attached hydrogens (tertiary/aromatic N) is 3. The van der Waals surface area contributed by atoms with Gasteiger partial charge in [0, 0.05) is 25.7 Å². The minimum Gasteiger partial charge on any atom is -0.306 e. The zero-order valence-corrected chi connectivity index (χ0v) is 11.1. The number of hydrogen-bond acceptors (Lipinski definition) is 2. The van der Waals surface area contributed by atoms with Gasteiger partial charge < -0.3 is 4.90 Å². The molecule has 0 aliphatic heterocycles. The quantitative estimate of drug-likeness (QED) is 0.516. The van der Waals surface area contributed by atoms with Crippen LogP contribution in [0.3, 0.4) is 0 Å². The van der Waals surface area contributed by atoms with Crippen molar-refractivity contribution in [3.8, 4) is 0 Å². The Balaban J connectivity index is 2.08. The van der Waals surface area contributed by atoms with Crippen LogP contribution in [0.2, 0.25) is 0 Å². The predicted molar refractivity (Wildman–Crippen MR) is 69.0 cm³/mol. The van der Waals surface area contributed by atoms with Crippen molar-refractivity contribution in [2.45, 2.75) is 25.7 Å². The Bertz CT molecular complexity index is 286. The molecular formula is C12H22ClN3. The lowest BCUT2D eigenvalue weighted by atomic mass is 10.2. The molecule has 0 aliphatic carbocycles. The van der Waals surface area contributed by atoms with E-state index in [2.05, 4.69) is 23.2 Å². The average Bonchev–Trinajstić information content (AvgIpc) is 2.68. The number of hydrogen-bond donors (Lipinski definition) is 0. The molecule has 0 bridgehead atoms. The summed E-state index contributed by atoms with van der Waals surface area (Å²) in [4.78, 5) is 2.38. The van der Waals surface area contributed by atoms with E-state index in [1.165, 1.54) is 18.4 Å². The molecule has 1 aromatic heterocycles. The lowest BCUT2D eigenvalue weighted by Crippen LogP contribution is -2.22. The van der Waals surface area contributed by atoms with Crippen LogP contribution in [0.5, 0.6) is 0 Å². The van der Waals surface area contributed by atoms with Gasteiger partial charge in [-0.15, -0.1) is 11.6 Å². The van der Waals surface area contributed by atoms with Crippen LogP contribution in [-0.4, -0.2) is 40.7 Å². The van der Waals surface area contributed by atoms with Crippen molar-refractivity contribution in [3.63, 3.8) is 0 Å². The molecule has 0 N–H and O–H groups in total. The number of halogens is 1. The summed E-state index contributed by atoms with van der Waals surface area (Å²) < 4.78 is 1.86. The summed E-state index contributed by atoms with van der Waals surface area (Å²) in [6, 6.07) is 0. The van der Waals surface area contributed by atoms with E-state index in [0.717, 1.165) is 31.8 Å². The van der Waals surface area contributed by atoms with Gasteiger partial charge in [0.15, 0.2) is 0 Å². The fourth-order valence-corrected chi connectivity index (χ4v) is 1.87. The van der Waals surface area contributed by atoms with Gasteiger partial charge >= 0.3 is 0 Å². The van der Waals surface area contributed by atoms with E-state index in [-0.39, 0.29) is 0 Å². The second kappa shape index (κ2) is 7.69. The highest BCUT2D eigenvalue weighted by Crippen LogP contribution is 2.02. The summed E-state index contributed by atoms with van der Waals surface area (Å²) in [5.41, 5.74) is 1.31. The first-order valence-corrected chi connectivity index (χ1v) is 6.48. The third-order valence-corrected chi connectivity index (χ3v) is 2.98. The molecule has 92 valence electrons. The number of aromatic nitrogens is 2. The maximum absolute atomic E-state index is 5.64. The molecule has 3 nitrogen and oxygen atoms in total.